The minimum atomic E-state index is -3.86. The van der Waals surface area contributed by atoms with Gasteiger partial charge in [-0.25, -0.2) is 17.8 Å². The van der Waals surface area contributed by atoms with Gasteiger partial charge in [-0.1, -0.05) is 20.8 Å². The Balaban J connectivity index is 3.09. The second-order valence-electron chi connectivity index (χ2n) is 5.11. The molecular weight excluding hydrogens is 243 g/mol. The van der Waals surface area contributed by atoms with Crippen molar-refractivity contribution in [1.82, 2.24) is 9.29 Å². The molecule has 0 saturated carbocycles. The highest BCUT2D eigenvalue weighted by Crippen LogP contribution is 2.20. The number of halogens is 1. The average Bonchev–Trinajstić information content (AvgIpc) is 2.15. The summed E-state index contributed by atoms with van der Waals surface area (Å²) in [5.74, 6) is -0.826. The zero-order valence-corrected chi connectivity index (χ0v) is 11.3. The second-order valence-corrected chi connectivity index (χ2v) is 7.07. The highest BCUT2D eigenvalue weighted by molar-refractivity contribution is 7.89. The first-order valence-corrected chi connectivity index (χ1v) is 6.65. The minimum Gasteiger partial charge on any atom is -0.241 e. The fourth-order valence-electron chi connectivity index (χ4n) is 1.46. The molecule has 0 amide bonds. The lowest BCUT2D eigenvalue weighted by molar-refractivity contribution is 0.309. The van der Waals surface area contributed by atoms with Crippen LogP contribution in [-0.4, -0.2) is 31.3 Å². The molecule has 0 fully saturated rings. The highest BCUT2D eigenvalue weighted by atomic mass is 32.2. The van der Waals surface area contributed by atoms with E-state index < -0.39 is 20.9 Å². The van der Waals surface area contributed by atoms with Crippen molar-refractivity contribution in [2.24, 2.45) is 5.41 Å². The van der Waals surface area contributed by atoms with E-state index in [1.54, 1.807) is 0 Å². The third-order valence-electron chi connectivity index (χ3n) is 2.08. The van der Waals surface area contributed by atoms with E-state index in [2.05, 4.69) is 4.98 Å². The summed E-state index contributed by atoms with van der Waals surface area (Å²) < 4.78 is 38.6. The maximum absolute atomic E-state index is 13.4. The van der Waals surface area contributed by atoms with Crippen LogP contribution in [0.1, 0.15) is 20.8 Å². The number of sulfonamides is 1. The molecule has 1 rings (SSSR count). The van der Waals surface area contributed by atoms with Crippen molar-refractivity contribution in [2.75, 3.05) is 13.6 Å². The van der Waals surface area contributed by atoms with E-state index in [-0.39, 0.29) is 5.41 Å². The van der Waals surface area contributed by atoms with Crippen molar-refractivity contribution in [3.05, 3.63) is 24.1 Å². The number of hydrogen-bond donors (Lipinski definition) is 0. The van der Waals surface area contributed by atoms with Crippen molar-refractivity contribution >= 4 is 10.0 Å². The Morgan fingerprint density at radius 2 is 2.00 bits per heavy atom. The summed E-state index contributed by atoms with van der Waals surface area (Å²) in [6.07, 6.45) is 1.26. The van der Waals surface area contributed by atoms with E-state index in [1.165, 1.54) is 19.3 Å². The molecule has 96 valence electrons. The normalized spacial score (nSPS) is 13.1. The van der Waals surface area contributed by atoms with Crippen LogP contribution in [0, 0.1) is 11.2 Å². The third kappa shape index (κ3) is 3.47. The first-order valence-electron chi connectivity index (χ1n) is 5.21. The molecule has 1 aromatic heterocycles. The van der Waals surface area contributed by atoms with Gasteiger partial charge in [0, 0.05) is 19.8 Å². The number of pyridine rings is 1. The van der Waals surface area contributed by atoms with Gasteiger partial charge in [-0.2, -0.15) is 4.31 Å². The first-order chi connectivity index (χ1) is 7.64. The van der Waals surface area contributed by atoms with E-state index in [0.717, 1.165) is 10.4 Å². The summed E-state index contributed by atoms with van der Waals surface area (Å²) in [6.45, 7) is 6.03. The molecule has 0 bridgehead atoms. The Morgan fingerprint density at radius 3 is 2.47 bits per heavy atom. The molecule has 0 aromatic carbocycles. The van der Waals surface area contributed by atoms with E-state index >= 15 is 0 Å². The highest BCUT2D eigenvalue weighted by Gasteiger charge is 2.28. The topological polar surface area (TPSA) is 50.3 Å². The maximum atomic E-state index is 13.4. The molecule has 1 heterocycles. The van der Waals surface area contributed by atoms with Crippen LogP contribution in [0.5, 0.6) is 0 Å². The minimum absolute atomic E-state index is 0.201. The van der Waals surface area contributed by atoms with Crippen LogP contribution in [-0.2, 0) is 10.0 Å². The maximum Gasteiger partial charge on any atom is 0.263 e. The molecule has 17 heavy (non-hydrogen) atoms. The molecule has 0 radical (unpaired) electrons. The van der Waals surface area contributed by atoms with Gasteiger partial charge in [0.2, 0.25) is 5.03 Å². The lowest BCUT2D eigenvalue weighted by atomic mass is 9.97. The van der Waals surface area contributed by atoms with Gasteiger partial charge in [-0.05, 0) is 17.5 Å². The summed E-state index contributed by atoms with van der Waals surface area (Å²) >= 11 is 0. The van der Waals surface area contributed by atoms with Crippen LogP contribution in [0.3, 0.4) is 0 Å². The van der Waals surface area contributed by atoms with E-state index in [0.29, 0.717) is 6.54 Å². The van der Waals surface area contributed by atoms with Gasteiger partial charge in [-0.15, -0.1) is 0 Å². The molecule has 0 aliphatic rings. The van der Waals surface area contributed by atoms with Crippen molar-refractivity contribution in [1.29, 1.82) is 0 Å². The van der Waals surface area contributed by atoms with Gasteiger partial charge in [0.05, 0.1) is 0 Å². The Hall–Kier alpha value is -1.01. The van der Waals surface area contributed by atoms with Crippen molar-refractivity contribution < 1.29 is 12.8 Å². The molecule has 6 heteroatoms. The summed E-state index contributed by atoms with van der Waals surface area (Å²) in [6, 6.07) is 2.45. The second kappa shape index (κ2) is 4.70. The molecule has 0 unspecified atom stereocenters. The number of nitrogens with zero attached hydrogens (tertiary/aromatic N) is 2. The Kier molecular flexibility index (Phi) is 3.88. The van der Waals surface area contributed by atoms with Crippen molar-refractivity contribution in [3.8, 4) is 0 Å². The van der Waals surface area contributed by atoms with Gasteiger partial charge < -0.3 is 0 Å². The number of hydrogen-bond acceptors (Lipinski definition) is 3. The quantitative estimate of drug-likeness (QED) is 0.834. The van der Waals surface area contributed by atoms with Crippen LogP contribution >= 0.6 is 0 Å². The zero-order valence-electron chi connectivity index (χ0n) is 10.4. The Bertz CT molecular complexity index is 494. The molecule has 0 spiro atoms. The van der Waals surface area contributed by atoms with Gasteiger partial charge in [0.15, 0.2) is 5.82 Å². The summed E-state index contributed by atoms with van der Waals surface area (Å²) in [5, 5.41) is -0.522. The van der Waals surface area contributed by atoms with Crippen LogP contribution in [0.25, 0.3) is 0 Å². The van der Waals surface area contributed by atoms with E-state index in [9.17, 15) is 12.8 Å². The third-order valence-corrected chi connectivity index (χ3v) is 3.82. The molecule has 0 saturated heterocycles. The summed E-state index contributed by atoms with van der Waals surface area (Å²) in [4.78, 5) is 3.60. The van der Waals surface area contributed by atoms with Gasteiger partial charge in [-0.3, -0.25) is 0 Å². The molecule has 0 atom stereocenters. The molecule has 0 aliphatic heterocycles. The van der Waals surface area contributed by atoms with E-state index in [1.807, 2.05) is 20.8 Å². The lowest BCUT2D eigenvalue weighted by Crippen LogP contribution is -2.35. The molecular formula is C11H17FN2O2S. The van der Waals surface area contributed by atoms with Crippen LogP contribution in [0.2, 0.25) is 0 Å². The van der Waals surface area contributed by atoms with Crippen LogP contribution < -0.4 is 0 Å². The van der Waals surface area contributed by atoms with Crippen LogP contribution in [0.4, 0.5) is 4.39 Å². The zero-order chi connectivity index (χ0) is 13.3. The monoisotopic (exact) mass is 260 g/mol. The Morgan fingerprint density at radius 1 is 1.41 bits per heavy atom. The van der Waals surface area contributed by atoms with Crippen LogP contribution in [0.15, 0.2) is 23.4 Å². The fourth-order valence-corrected chi connectivity index (χ4v) is 2.82. The number of aromatic nitrogens is 1. The smallest absolute Gasteiger partial charge is 0.241 e. The SMILES string of the molecule is CN(CC(C)(C)C)S(=O)(=O)c1ncccc1F. The van der Waals surface area contributed by atoms with Crippen molar-refractivity contribution in [2.45, 2.75) is 25.8 Å². The van der Waals surface area contributed by atoms with Gasteiger partial charge in [0.25, 0.3) is 10.0 Å². The van der Waals surface area contributed by atoms with Gasteiger partial charge in [0.1, 0.15) is 0 Å². The van der Waals surface area contributed by atoms with Crippen molar-refractivity contribution in [3.63, 3.8) is 0 Å². The van der Waals surface area contributed by atoms with E-state index in [4.69, 9.17) is 0 Å². The Labute approximate surface area is 102 Å². The fraction of sp³-hybridized carbons (Fsp3) is 0.545. The molecule has 1 aromatic rings. The first kappa shape index (κ1) is 14.1. The molecule has 4 nitrogen and oxygen atoms in total. The molecule has 0 N–H and O–H groups in total. The summed E-state index contributed by atoms with van der Waals surface area (Å²) in [7, 11) is -2.43. The summed E-state index contributed by atoms with van der Waals surface area (Å²) in [5.41, 5.74) is -0.201. The predicted molar refractivity (Wildman–Crippen MR) is 63.5 cm³/mol. The largest absolute Gasteiger partial charge is 0.263 e. The molecule has 0 aliphatic carbocycles. The standard InChI is InChI=1S/C11H17FN2O2S/c1-11(2,3)8-14(4)17(15,16)10-9(12)6-5-7-13-10/h5-7H,8H2,1-4H3. The van der Waals surface area contributed by atoms with Gasteiger partial charge >= 0.3 is 0 Å². The average molecular weight is 260 g/mol. The number of rotatable bonds is 3. The lowest BCUT2D eigenvalue weighted by Gasteiger charge is -2.25. The predicted octanol–water partition coefficient (Wildman–Crippen LogP) is 1.89.